The standard InChI is InChI=1S/C12H25N/c1-4-10(3)6-9-12(13-5-2)11-7-8-11/h10-13H,4-9H2,1-3H3. The molecular weight excluding hydrogens is 158 g/mol. The Kier molecular flexibility index (Phi) is 4.79. The monoisotopic (exact) mass is 183 g/mol. The van der Waals surface area contributed by atoms with E-state index in [0.29, 0.717) is 0 Å². The lowest BCUT2D eigenvalue weighted by Crippen LogP contribution is -2.31. The van der Waals surface area contributed by atoms with Gasteiger partial charge in [0, 0.05) is 6.04 Å². The molecular formula is C12H25N. The van der Waals surface area contributed by atoms with Crippen LogP contribution in [0.5, 0.6) is 0 Å². The summed E-state index contributed by atoms with van der Waals surface area (Å²) in [5.74, 6) is 1.93. The van der Waals surface area contributed by atoms with Gasteiger partial charge >= 0.3 is 0 Å². The first-order valence-corrected chi connectivity index (χ1v) is 6.01. The molecule has 78 valence electrons. The van der Waals surface area contributed by atoms with E-state index in [9.17, 15) is 0 Å². The summed E-state index contributed by atoms with van der Waals surface area (Å²) in [5.41, 5.74) is 0. The van der Waals surface area contributed by atoms with Gasteiger partial charge in [0.05, 0.1) is 0 Å². The van der Waals surface area contributed by atoms with Gasteiger partial charge in [-0.15, -0.1) is 0 Å². The van der Waals surface area contributed by atoms with Crippen LogP contribution in [0.25, 0.3) is 0 Å². The Hall–Kier alpha value is -0.0400. The van der Waals surface area contributed by atoms with Gasteiger partial charge in [-0.05, 0) is 44.1 Å². The molecule has 0 aliphatic heterocycles. The molecule has 2 unspecified atom stereocenters. The molecule has 0 bridgehead atoms. The smallest absolute Gasteiger partial charge is 0.00953 e. The first kappa shape index (κ1) is 11.0. The highest BCUT2D eigenvalue weighted by Gasteiger charge is 2.30. The lowest BCUT2D eigenvalue weighted by Gasteiger charge is -2.18. The maximum absolute atomic E-state index is 3.62. The minimum absolute atomic E-state index is 0.832. The van der Waals surface area contributed by atoms with Crippen LogP contribution in [0.4, 0.5) is 0 Å². The predicted octanol–water partition coefficient (Wildman–Crippen LogP) is 3.20. The molecule has 0 amide bonds. The molecule has 0 aromatic heterocycles. The number of hydrogen-bond acceptors (Lipinski definition) is 1. The number of hydrogen-bond donors (Lipinski definition) is 1. The van der Waals surface area contributed by atoms with Crippen molar-refractivity contribution < 1.29 is 0 Å². The molecule has 1 rings (SSSR count). The second-order valence-electron chi connectivity index (χ2n) is 4.59. The lowest BCUT2D eigenvalue weighted by atomic mass is 9.97. The maximum Gasteiger partial charge on any atom is 0.00953 e. The van der Waals surface area contributed by atoms with E-state index in [4.69, 9.17) is 0 Å². The van der Waals surface area contributed by atoms with Crippen molar-refractivity contribution in [2.45, 2.75) is 58.9 Å². The van der Waals surface area contributed by atoms with E-state index in [1.54, 1.807) is 0 Å². The molecule has 1 aliphatic rings. The molecule has 0 saturated heterocycles. The van der Waals surface area contributed by atoms with Crippen molar-refractivity contribution in [1.29, 1.82) is 0 Å². The van der Waals surface area contributed by atoms with Gasteiger partial charge in [-0.2, -0.15) is 0 Å². The zero-order chi connectivity index (χ0) is 9.68. The van der Waals surface area contributed by atoms with E-state index < -0.39 is 0 Å². The normalized spacial score (nSPS) is 21.5. The number of rotatable bonds is 7. The molecule has 1 fully saturated rings. The third-order valence-electron chi connectivity index (χ3n) is 3.32. The molecule has 0 radical (unpaired) electrons. The first-order chi connectivity index (χ1) is 6.27. The molecule has 1 aliphatic carbocycles. The quantitative estimate of drug-likeness (QED) is 0.639. The highest BCUT2D eigenvalue weighted by atomic mass is 14.9. The molecule has 13 heavy (non-hydrogen) atoms. The average molecular weight is 183 g/mol. The highest BCUT2D eigenvalue weighted by Crippen LogP contribution is 2.35. The summed E-state index contributed by atoms with van der Waals surface area (Å²) in [6.45, 7) is 8.03. The summed E-state index contributed by atoms with van der Waals surface area (Å²) in [5, 5.41) is 3.62. The largest absolute Gasteiger partial charge is 0.314 e. The van der Waals surface area contributed by atoms with Crippen LogP contribution < -0.4 is 5.32 Å². The van der Waals surface area contributed by atoms with Crippen LogP contribution in [-0.4, -0.2) is 12.6 Å². The van der Waals surface area contributed by atoms with Crippen LogP contribution in [0.3, 0.4) is 0 Å². The predicted molar refractivity (Wildman–Crippen MR) is 58.9 cm³/mol. The fourth-order valence-electron chi connectivity index (χ4n) is 1.93. The number of nitrogens with one attached hydrogen (secondary N) is 1. The van der Waals surface area contributed by atoms with Crippen LogP contribution in [0.1, 0.15) is 52.9 Å². The van der Waals surface area contributed by atoms with Gasteiger partial charge in [0.2, 0.25) is 0 Å². The van der Waals surface area contributed by atoms with E-state index in [1.807, 2.05) is 0 Å². The molecule has 0 spiro atoms. The maximum atomic E-state index is 3.62. The van der Waals surface area contributed by atoms with Gasteiger partial charge < -0.3 is 5.32 Å². The lowest BCUT2D eigenvalue weighted by molar-refractivity contribution is 0.387. The van der Waals surface area contributed by atoms with E-state index in [0.717, 1.165) is 24.4 Å². The Bertz CT molecular complexity index is 129. The van der Waals surface area contributed by atoms with E-state index in [-0.39, 0.29) is 0 Å². The fourth-order valence-corrected chi connectivity index (χ4v) is 1.93. The van der Waals surface area contributed by atoms with Gasteiger partial charge in [-0.3, -0.25) is 0 Å². The minimum Gasteiger partial charge on any atom is -0.314 e. The fraction of sp³-hybridized carbons (Fsp3) is 1.00. The van der Waals surface area contributed by atoms with Crippen molar-refractivity contribution in [2.75, 3.05) is 6.54 Å². The zero-order valence-electron chi connectivity index (χ0n) is 9.47. The van der Waals surface area contributed by atoms with Gasteiger partial charge in [-0.25, -0.2) is 0 Å². The Labute approximate surface area is 83.3 Å². The second kappa shape index (κ2) is 5.64. The van der Waals surface area contributed by atoms with Crippen LogP contribution in [0.15, 0.2) is 0 Å². The SMILES string of the molecule is CCNC(CCC(C)CC)C1CC1. The summed E-state index contributed by atoms with van der Waals surface area (Å²) >= 11 is 0. The zero-order valence-corrected chi connectivity index (χ0v) is 9.47. The topological polar surface area (TPSA) is 12.0 Å². The van der Waals surface area contributed by atoms with Crippen molar-refractivity contribution in [2.24, 2.45) is 11.8 Å². The molecule has 1 nitrogen and oxygen atoms in total. The highest BCUT2D eigenvalue weighted by molar-refractivity contribution is 4.86. The van der Waals surface area contributed by atoms with Crippen molar-refractivity contribution in [3.8, 4) is 0 Å². The minimum atomic E-state index is 0.832. The summed E-state index contributed by atoms with van der Waals surface area (Å²) in [6.07, 6.45) is 7.08. The van der Waals surface area contributed by atoms with Crippen LogP contribution in [0, 0.1) is 11.8 Å². The molecule has 0 aromatic rings. The third kappa shape index (κ3) is 4.12. The van der Waals surface area contributed by atoms with Gasteiger partial charge in [0.15, 0.2) is 0 Å². The van der Waals surface area contributed by atoms with Crippen molar-refractivity contribution in [3.05, 3.63) is 0 Å². The summed E-state index contributed by atoms with van der Waals surface area (Å²) in [4.78, 5) is 0. The Balaban J connectivity index is 2.14. The molecule has 1 N–H and O–H groups in total. The Morgan fingerprint density at radius 3 is 2.38 bits per heavy atom. The van der Waals surface area contributed by atoms with Gasteiger partial charge in [0.1, 0.15) is 0 Å². The molecule has 0 heterocycles. The van der Waals surface area contributed by atoms with Crippen LogP contribution in [-0.2, 0) is 0 Å². The average Bonchev–Trinajstić information content (AvgIpc) is 2.94. The van der Waals surface area contributed by atoms with E-state index in [2.05, 4.69) is 26.1 Å². The van der Waals surface area contributed by atoms with Crippen molar-refractivity contribution in [3.63, 3.8) is 0 Å². The van der Waals surface area contributed by atoms with E-state index >= 15 is 0 Å². The second-order valence-corrected chi connectivity index (χ2v) is 4.59. The Morgan fingerprint density at radius 2 is 1.92 bits per heavy atom. The van der Waals surface area contributed by atoms with Crippen LogP contribution >= 0.6 is 0 Å². The molecule has 1 saturated carbocycles. The van der Waals surface area contributed by atoms with Crippen LogP contribution in [0.2, 0.25) is 0 Å². The Morgan fingerprint density at radius 1 is 1.23 bits per heavy atom. The van der Waals surface area contributed by atoms with E-state index in [1.165, 1.54) is 32.1 Å². The summed E-state index contributed by atoms with van der Waals surface area (Å²) < 4.78 is 0. The third-order valence-corrected chi connectivity index (χ3v) is 3.32. The first-order valence-electron chi connectivity index (χ1n) is 6.01. The molecule has 2 atom stereocenters. The summed E-state index contributed by atoms with van der Waals surface area (Å²) in [7, 11) is 0. The van der Waals surface area contributed by atoms with Crippen molar-refractivity contribution in [1.82, 2.24) is 5.32 Å². The summed E-state index contributed by atoms with van der Waals surface area (Å²) in [6, 6.07) is 0.832. The van der Waals surface area contributed by atoms with Crippen molar-refractivity contribution >= 4 is 0 Å². The molecule has 1 heteroatoms. The van der Waals surface area contributed by atoms with Gasteiger partial charge in [-0.1, -0.05) is 27.2 Å². The van der Waals surface area contributed by atoms with Gasteiger partial charge in [0.25, 0.3) is 0 Å². The molecule has 0 aromatic carbocycles.